The predicted octanol–water partition coefficient (Wildman–Crippen LogP) is 3.87. The first kappa shape index (κ1) is 21.1. The minimum atomic E-state index is -3.96. The molecule has 2 aromatic carbocycles. The van der Waals surface area contributed by atoms with Gasteiger partial charge < -0.3 is 9.84 Å². The minimum absolute atomic E-state index is 0.0506. The van der Waals surface area contributed by atoms with E-state index in [2.05, 4.69) is 0 Å². The Kier molecular flexibility index (Phi) is 5.56. The average molecular weight is 416 g/mol. The Morgan fingerprint density at radius 2 is 1.62 bits per heavy atom. The number of methoxy groups -OCH3 is 1. The number of benzene rings is 2. The van der Waals surface area contributed by atoms with E-state index in [1.165, 1.54) is 23.5 Å². The van der Waals surface area contributed by atoms with Gasteiger partial charge in [0, 0.05) is 6.04 Å². The number of aliphatic carboxylic acids is 1. The second-order valence-corrected chi connectivity index (χ2v) is 9.90. The molecule has 0 radical (unpaired) electrons. The lowest BCUT2D eigenvalue weighted by atomic mass is 9.87. The summed E-state index contributed by atoms with van der Waals surface area (Å²) in [5, 5.41) is 9.87. The second kappa shape index (κ2) is 7.65. The molecule has 0 unspecified atom stereocenters. The highest BCUT2D eigenvalue weighted by molar-refractivity contribution is 7.89. The van der Waals surface area contributed by atoms with Crippen LogP contribution < -0.4 is 4.74 Å². The number of ether oxygens (including phenoxy) is 1. The quantitative estimate of drug-likeness (QED) is 0.802. The zero-order valence-corrected chi connectivity index (χ0v) is 17.7. The number of rotatable bonds is 5. The van der Waals surface area contributed by atoms with Crippen LogP contribution >= 0.6 is 0 Å². The molecule has 1 N–H and O–H groups in total. The number of hydrogen-bond donors (Lipinski definition) is 1. The standard InChI is InChI=1S/C22H25NO5S/c1-22(2,3)19-14-18(21(24)25)20(15-10-12-16(28-4)13-11-15)23(19)29(26,27)17-8-6-5-7-9-17/h5-14,19-20H,1-4H3,(H,24,25)/t19-,20-/m0/s1. The van der Waals surface area contributed by atoms with E-state index in [4.69, 9.17) is 4.74 Å². The van der Waals surface area contributed by atoms with Crippen LogP contribution in [0.4, 0.5) is 0 Å². The average Bonchev–Trinajstić information content (AvgIpc) is 3.11. The van der Waals surface area contributed by atoms with Crippen LogP contribution in [0.3, 0.4) is 0 Å². The smallest absolute Gasteiger partial charge is 0.333 e. The van der Waals surface area contributed by atoms with Crippen molar-refractivity contribution in [1.29, 1.82) is 0 Å². The monoisotopic (exact) mass is 415 g/mol. The molecular formula is C22H25NO5S. The van der Waals surface area contributed by atoms with Gasteiger partial charge >= 0.3 is 5.97 Å². The Morgan fingerprint density at radius 1 is 1.03 bits per heavy atom. The van der Waals surface area contributed by atoms with Crippen LogP contribution in [0.25, 0.3) is 0 Å². The summed E-state index contributed by atoms with van der Waals surface area (Å²) in [6.45, 7) is 5.70. The number of sulfonamides is 1. The van der Waals surface area contributed by atoms with Crippen LogP contribution in [0.5, 0.6) is 5.75 Å². The zero-order valence-electron chi connectivity index (χ0n) is 16.9. The molecule has 29 heavy (non-hydrogen) atoms. The third kappa shape index (κ3) is 3.93. The lowest BCUT2D eigenvalue weighted by molar-refractivity contribution is -0.133. The number of carbonyl (C=O) groups is 1. The van der Waals surface area contributed by atoms with Crippen LogP contribution in [-0.2, 0) is 14.8 Å². The van der Waals surface area contributed by atoms with Crippen molar-refractivity contribution >= 4 is 16.0 Å². The highest BCUT2D eigenvalue weighted by atomic mass is 32.2. The second-order valence-electron chi connectivity index (χ2n) is 8.06. The molecule has 1 aliphatic rings. The molecule has 3 rings (SSSR count). The number of hydrogen-bond acceptors (Lipinski definition) is 4. The van der Waals surface area contributed by atoms with Gasteiger partial charge in [-0.05, 0) is 35.2 Å². The van der Waals surface area contributed by atoms with E-state index in [9.17, 15) is 18.3 Å². The number of nitrogens with zero attached hydrogens (tertiary/aromatic N) is 1. The highest BCUT2D eigenvalue weighted by Crippen LogP contribution is 2.46. The maximum absolute atomic E-state index is 13.6. The van der Waals surface area contributed by atoms with Gasteiger partial charge in [-0.2, -0.15) is 4.31 Å². The Labute approximate surface area is 171 Å². The number of carboxylic acids is 1. The van der Waals surface area contributed by atoms with Gasteiger partial charge in [0.15, 0.2) is 0 Å². The van der Waals surface area contributed by atoms with Crippen LogP contribution in [0.2, 0.25) is 0 Å². The van der Waals surface area contributed by atoms with E-state index in [0.717, 1.165) is 0 Å². The van der Waals surface area contributed by atoms with Gasteiger partial charge in [0.05, 0.1) is 23.6 Å². The molecule has 0 aromatic heterocycles. The van der Waals surface area contributed by atoms with Gasteiger partial charge in [-0.1, -0.05) is 57.2 Å². The van der Waals surface area contributed by atoms with E-state index >= 15 is 0 Å². The highest BCUT2D eigenvalue weighted by Gasteiger charge is 2.49. The molecule has 1 aliphatic heterocycles. The van der Waals surface area contributed by atoms with E-state index in [1.54, 1.807) is 48.5 Å². The molecule has 0 saturated carbocycles. The SMILES string of the molecule is COc1ccc([C@H]2C(C(=O)O)=C[C@@H](C(C)(C)C)N2S(=O)(=O)c2ccccc2)cc1. The molecule has 6 nitrogen and oxygen atoms in total. The molecule has 7 heteroatoms. The molecule has 0 saturated heterocycles. The van der Waals surface area contributed by atoms with E-state index < -0.39 is 33.5 Å². The Morgan fingerprint density at radius 3 is 2.10 bits per heavy atom. The summed E-state index contributed by atoms with van der Waals surface area (Å²) in [4.78, 5) is 12.2. The maximum Gasteiger partial charge on any atom is 0.333 e. The predicted molar refractivity (Wildman–Crippen MR) is 110 cm³/mol. The van der Waals surface area contributed by atoms with Gasteiger partial charge in [-0.3, -0.25) is 0 Å². The van der Waals surface area contributed by atoms with Gasteiger partial charge in [0.25, 0.3) is 0 Å². The first-order valence-electron chi connectivity index (χ1n) is 9.25. The number of carboxylic acid groups (broad SMARTS) is 1. The summed E-state index contributed by atoms with van der Waals surface area (Å²) >= 11 is 0. The van der Waals surface area contributed by atoms with Crippen molar-refractivity contribution in [3.63, 3.8) is 0 Å². The fourth-order valence-corrected chi connectivity index (χ4v) is 5.50. The van der Waals surface area contributed by atoms with E-state index in [1.807, 2.05) is 20.8 Å². The third-order valence-corrected chi connectivity index (χ3v) is 6.91. The molecular weight excluding hydrogens is 390 g/mol. The molecule has 0 aliphatic carbocycles. The van der Waals surface area contributed by atoms with Gasteiger partial charge in [-0.25, -0.2) is 13.2 Å². The molecule has 2 aromatic rings. The molecule has 154 valence electrons. The van der Waals surface area contributed by atoms with Gasteiger partial charge in [0.2, 0.25) is 10.0 Å². The molecule has 0 amide bonds. The summed E-state index contributed by atoms with van der Waals surface area (Å²) in [6.07, 6.45) is 1.57. The minimum Gasteiger partial charge on any atom is -0.497 e. The Hall–Kier alpha value is -2.64. The van der Waals surface area contributed by atoms with Gasteiger partial charge in [-0.15, -0.1) is 0 Å². The fraction of sp³-hybridized carbons (Fsp3) is 0.318. The summed E-state index contributed by atoms with van der Waals surface area (Å²) in [5.41, 5.74) is 0.115. The van der Waals surface area contributed by atoms with Crippen molar-refractivity contribution in [3.8, 4) is 5.75 Å². The third-order valence-electron chi connectivity index (χ3n) is 5.05. The Balaban J connectivity index is 2.22. The molecule has 0 spiro atoms. The van der Waals surface area contributed by atoms with Crippen molar-refractivity contribution in [3.05, 3.63) is 71.8 Å². The zero-order chi connectivity index (χ0) is 21.4. The van der Waals surface area contributed by atoms with Crippen molar-refractivity contribution < 1.29 is 23.1 Å². The van der Waals surface area contributed by atoms with Gasteiger partial charge in [0.1, 0.15) is 5.75 Å². The van der Waals surface area contributed by atoms with Crippen molar-refractivity contribution in [2.45, 2.75) is 37.8 Å². The van der Waals surface area contributed by atoms with Crippen molar-refractivity contribution in [1.82, 2.24) is 4.31 Å². The summed E-state index contributed by atoms with van der Waals surface area (Å²) in [6, 6.07) is 13.4. The van der Waals surface area contributed by atoms with Crippen molar-refractivity contribution in [2.24, 2.45) is 5.41 Å². The lowest BCUT2D eigenvalue weighted by Gasteiger charge is -2.37. The van der Waals surface area contributed by atoms with E-state index in [-0.39, 0.29) is 10.5 Å². The molecule has 2 atom stereocenters. The van der Waals surface area contributed by atoms with Crippen molar-refractivity contribution in [2.75, 3.05) is 7.11 Å². The first-order valence-corrected chi connectivity index (χ1v) is 10.7. The van der Waals surface area contributed by atoms with Crippen LogP contribution in [0.15, 0.2) is 71.1 Å². The molecule has 0 bridgehead atoms. The summed E-state index contributed by atoms with van der Waals surface area (Å²) in [7, 11) is -2.43. The summed E-state index contributed by atoms with van der Waals surface area (Å²) in [5.74, 6) is -0.525. The lowest BCUT2D eigenvalue weighted by Crippen LogP contribution is -2.45. The molecule has 1 heterocycles. The topological polar surface area (TPSA) is 83.9 Å². The maximum atomic E-state index is 13.6. The van der Waals surface area contributed by atoms with E-state index in [0.29, 0.717) is 11.3 Å². The fourth-order valence-electron chi connectivity index (χ4n) is 3.57. The molecule has 0 fully saturated rings. The largest absolute Gasteiger partial charge is 0.497 e. The normalized spacial score (nSPS) is 20.3. The Bertz CT molecular complexity index is 1020. The van der Waals surface area contributed by atoms with Crippen LogP contribution in [0.1, 0.15) is 32.4 Å². The van der Waals surface area contributed by atoms with Crippen LogP contribution in [-0.4, -0.2) is 37.0 Å². The summed E-state index contributed by atoms with van der Waals surface area (Å²) < 4.78 is 33.8. The van der Waals surface area contributed by atoms with Crippen LogP contribution in [0, 0.1) is 5.41 Å². The first-order chi connectivity index (χ1) is 13.6.